The zero-order valence-corrected chi connectivity index (χ0v) is 18.0. The zero-order valence-electron chi connectivity index (χ0n) is 16.4. The van der Waals surface area contributed by atoms with E-state index in [1.807, 2.05) is 41.3 Å². The summed E-state index contributed by atoms with van der Waals surface area (Å²) in [6.07, 6.45) is 4.44. The summed E-state index contributed by atoms with van der Waals surface area (Å²) >= 11 is 6.22. The molecule has 0 bridgehead atoms. The van der Waals surface area contributed by atoms with Crippen molar-refractivity contribution in [2.45, 2.75) is 49.6 Å². The van der Waals surface area contributed by atoms with Gasteiger partial charge in [0.15, 0.2) is 0 Å². The number of nitrogens with two attached hydrogens (primary N) is 1. The number of nitrogens with zero attached hydrogens (tertiary/aromatic N) is 1. The van der Waals surface area contributed by atoms with Gasteiger partial charge in [0.25, 0.3) is 0 Å². The lowest BCUT2D eigenvalue weighted by Gasteiger charge is -2.43. The fourth-order valence-electron chi connectivity index (χ4n) is 4.82. The van der Waals surface area contributed by atoms with Gasteiger partial charge in [-0.05, 0) is 55.4 Å². The molecule has 1 atom stereocenters. The minimum Gasteiger partial charge on any atom is -0.447 e. The lowest BCUT2D eigenvalue weighted by Crippen LogP contribution is -2.49. The van der Waals surface area contributed by atoms with E-state index in [0.29, 0.717) is 13.2 Å². The first-order valence-corrected chi connectivity index (χ1v) is 10.4. The molecule has 1 saturated heterocycles. The molecular formula is C23H28Cl2N2O2. The third kappa shape index (κ3) is 4.55. The van der Waals surface area contributed by atoms with Crippen LogP contribution in [0.15, 0.2) is 54.6 Å². The molecule has 0 unspecified atom stereocenters. The Morgan fingerprint density at radius 1 is 1.10 bits per heavy atom. The average molecular weight is 435 g/mol. The Morgan fingerprint density at radius 2 is 1.83 bits per heavy atom. The zero-order chi connectivity index (χ0) is 19.6. The van der Waals surface area contributed by atoms with Crippen molar-refractivity contribution >= 4 is 30.1 Å². The molecule has 1 saturated carbocycles. The highest BCUT2D eigenvalue weighted by Crippen LogP contribution is 2.42. The van der Waals surface area contributed by atoms with E-state index in [1.165, 1.54) is 11.1 Å². The van der Waals surface area contributed by atoms with Gasteiger partial charge in [0.05, 0.1) is 6.04 Å². The number of carbonyl (C=O) groups excluding carboxylic acids is 1. The molecule has 1 aliphatic carbocycles. The van der Waals surface area contributed by atoms with E-state index in [-0.39, 0.29) is 36.0 Å². The summed E-state index contributed by atoms with van der Waals surface area (Å²) in [5.41, 5.74) is 8.62. The van der Waals surface area contributed by atoms with Crippen LogP contribution in [0.3, 0.4) is 0 Å². The lowest BCUT2D eigenvalue weighted by molar-refractivity contribution is 0.117. The molecule has 2 aliphatic rings. The van der Waals surface area contributed by atoms with Gasteiger partial charge in [0.2, 0.25) is 0 Å². The first-order chi connectivity index (χ1) is 13.6. The SMILES string of the molecule is Cl.NC[C@]1(c2cccc(Cl)c2)CC[C@H](N2C(=O)OC[C@H]2Cc2ccccc2)CC1. The van der Waals surface area contributed by atoms with Crippen LogP contribution in [-0.4, -0.2) is 36.2 Å². The largest absolute Gasteiger partial charge is 0.447 e. The second-order valence-corrected chi connectivity index (χ2v) is 8.49. The molecule has 1 amide bonds. The molecule has 0 radical (unpaired) electrons. The van der Waals surface area contributed by atoms with Gasteiger partial charge in [-0.25, -0.2) is 4.79 Å². The maximum Gasteiger partial charge on any atom is 0.410 e. The molecule has 4 rings (SSSR count). The van der Waals surface area contributed by atoms with Gasteiger partial charge >= 0.3 is 6.09 Å². The molecule has 29 heavy (non-hydrogen) atoms. The minimum absolute atomic E-state index is 0. The quantitative estimate of drug-likeness (QED) is 0.722. The molecule has 0 spiro atoms. The van der Waals surface area contributed by atoms with Gasteiger partial charge in [-0.2, -0.15) is 0 Å². The fraction of sp³-hybridized carbons (Fsp3) is 0.435. The van der Waals surface area contributed by atoms with Crippen molar-refractivity contribution in [3.05, 3.63) is 70.7 Å². The van der Waals surface area contributed by atoms with E-state index in [4.69, 9.17) is 22.1 Å². The van der Waals surface area contributed by atoms with Crippen molar-refractivity contribution in [1.82, 2.24) is 4.90 Å². The summed E-state index contributed by atoms with van der Waals surface area (Å²) in [6.45, 7) is 1.07. The predicted octanol–water partition coefficient (Wildman–Crippen LogP) is 4.96. The van der Waals surface area contributed by atoms with Crippen molar-refractivity contribution in [3.63, 3.8) is 0 Å². The van der Waals surface area contributed by atoms with Crippen LogP contribution in [-0.2, 0) is 16.6 Å². The third-order valence-electron chi connectivity index (χ3n) is 6.45. The molecule has 156 valence electrons. The van der Waals surface area contributed by atoms with Crippen LogP contribution in [0.2, 0.25) is 5.02 Å². The van der Waals surface area contributed by atoms with Crippen LogP contribution in [0.1, 0.15) is 36.8 Å². The normalized spacial score (nSPS) is 26.7. The highest BCUT2D eigenvalue weighted by atomic mass is 35.5. The molecule has 2 fully saturated rings. The Hall–Kier alpha value is -1.75. The minimum atomic E-state index is -0.172. The van der Waals surface area contributed by atoms with Crippen molar-refractivity contribution in [2.75, 3.05) is 13.2 Å². The number of carbonyl (C=O) groups is 1. The van der Waals surface area contributed by atoms with Gasteiger partial charge in [-0.3, -0.25) is 4.90 Å². The summed E-state index contributed by atoms with van der Waals surface area (Å²) in [5.74, 6) is 0. The maximum atomic E-state index is 12.5. The van der Waals surface area contributed by atoms with Crippen molar-refractivity contribution in [2.24, 2.45) is 5.73 Å². The molecule has 4 nitrogen and oxygen atoms in total. The first-order valence-electron chi connectivity index (χ1n) is 10.1. The van der Waals surface area contributed by atoms with E-state index in [1.54, 1.807) is 0 Å². The van der Waals surface area contributed by atoms with Gasteiger partial charge in [-0.15, -0.1) is 12.4 Å². The predicted molar refractivity (Wildman–Crippen MR) is 119 cm³/mol. The third-order valence-corrected chi connectivity index (χ3v) is 6.69. The van der Waals surface area contributed by atoms with Crippen LogP contribution in [0, 0.1) is 0 Å². The van der Waals surface area contributed by atoms with E-state index in [2.05, 4.69) is 18.2 Å². The van der Waals surface area contributed by atoms with Crippen LogP contribution < -0.4 is 5.73 Å². The lowest BCUT2D eigenvalue weighted by atomic mass is 9.68. The van der Waals surface area contributed by atoms with Crippen LogP contribution in [0.25, 0.3) is 0 Å². The van der Waals surface area contributed by atoms with E-state index in [9.17, 15) is 4.79 Å². The Bertz CT molecular complexity index is 823. The molecule has 2 aromatic carbocycles. The smallest absolute Gasteiger partial charge is 0.410 e. The van der Waals surface area contributed by atoms with Crippen molar-refractivity contribution < 1.29 is 9.53 Å². The van der Waals surface area contributed by atoms with E-state index >= 15 is 0 Å². The summed E-state index contributed by atoms with van der Waals surface area (Å²) in [6, 6.07) is 18.7. The number of hydrogen-bond donors (Lipinski definition) is 1. The number of hydrogen-bond acceptors (Lipinski definition) is 3. The highest BCUT2D eigenvalue weighted by Gasteiger charge is 2.43. The number of cyclic esters (lactones) is 1. The second kappa shape index (κ2) is 9.38. The van der Waals surface area contributed by atoms with Crippen molar-refractivity contribution in [3.8, 4) is 0 Å². The number of rotatable bonds is 5. The summed E-state index contributed by atoms with van der Waals surface area (Å²) in [7, 11) is 0. The van der Waals surface area contributed by atoms with Crippen LogP contribution >= 0.6 is 24.0 Å². The molecule has 1 aliphatic heterocycles. The Morgan fingerprint density at radius 3 is 2.48 bits per heavy atom. The van der Waals surface area contributed by atoms with Gasteiger partial charge < -0.3 is 10.5 Å². The van der Waals surface area contributed by atoms with E-state index in [0.717, 1.165) is 37.1 Å². The Labute approximate surface area is 183 Å². The van der Waals surface area contributed by atoms with Crippen LogP contribution in [0.5, 0.6) is 0 Å². The van der Waals surface area contributed by atoms with Crippen LogP contribution in [0.4, 0.5) is 4.79 Å². The number of ether oxygens (including phenoxy) is 1. The number of benzene rings is 2. The fourth-order valence-corrected chi connectivity index (χ4v) is 5.01. The second-order valence-electron chi connectivity index (χ2n) is 8.05. The topological polar surface area (TPSA) is 55.6 Å². The Kier molecular flexibility index (Phi) is 7.10. The van der Waals surface area contributed by atoms with Gasteiger partial charge in [0.1, 0.15) is 6.61 Å². The van der Waals surface area contributed by atoms with E-state index < -0.39 is 0 Å². The molecule has 2 aromatic rings. The highest BCUT2D eigenvalue weighted by molar-refractivity contribution is 6.30. The Balaban J connectivity index is 0.00000240. The standard InChI is InChI=1S/C23H27ClN2O2.ClH/c24-19-8-4-7-18(14-19)23(16-25)11-9-20(10-12-23)26-21(15-28-22(26)27)13-17-5-2-1-3-6-17;/h1-8,14,20-21H,9-13,15-16,25H2;1H/t20-,21-,23-;/m1./s1. The molecular weight excluding hydrogens is 407 g/mol. The molecule has 1 heterocycles. The number of halogens is 2. The monoisotopic (exact) mass is 434 g/mol. The number of amides is 1. The molecule has 0 aromatic heterocycles. The first kappa shape index (κ1) is 21.9. The maximum absolute atomic E-state index is 12.5. The summed E-state index contributed by atoms with van der Waals surface area (Å²) in [5, 5.41) is 0.749. The van der Waals surface area contributed by atoms with Gasteiger partial charge in [0, 0.05) is 23.0 Å². The average Bonchev–Trinajstić information content (AvgIpc) is 3.09. The van der Waals surface area contributed by atoms with Crippen molar-refractivity contribution in [1.29, 1.82) is 0 Å². The molecule has 6 heteroatoms. The summed E-state index contributed by atoms with van der Waals surface area (Å²) in [4.78, 5) is 14.5. The summed E-state index contributed by atoms with van der Waals surface area (Å²) < 4.78 is 5.43. The molecule has 2 N–H and O–H groups in total. The van der Waals surface area contributed by atoms with Gasteiger partial charge in [-0.1, -0.05) is 54.1 Å².